The topological polar surface area (TPSA) is 99.4 Å². The first kappa shape index (κ1) is 24.5. The van der Waals surface area contributed by atoms with Gasteiger partial charge in [0.15, 0.2) is 0 Å². The zero-order chi connectivity index (χ0) is 23.8. The Morgan fingerprint density at radius 2 is 1.82 bits per heavy atom. The number of pyridine rings is 1. The normalized spacial score (nSPS) is 11.6. The number of aryl methyl sites for hydroxylation is 1. The van der Waals surface area contributed by atoms with Crippen LogP contribution in [0.1, 0.15) is 67.1 Å². The van der Waals surface area contributed by atoms with E-state index in [1.165, 1.54) is 0 Å². The highest BCUT2D eigenvalue weighted by atomic mass is 16.7. The highest BCUT2D eigenvalue weighted by Gasteiger charge is 2.37. The molecule has 0 atom stereocenters. The van der Waals surface area contributed by atoms with Gasteiger partial charge < -0.3 is 14.6 Å². The molecule has 0 spiro atoms. The molecule has 33 heavy (non-hydrogen) atoms. The molecule has 0 aliphatic heterocycles. The number of aromatic nitrogens is 4. The third-order valence-electron chi connectivity index (χ3n) is 5.68. The average Bonchev–Trinajstić information content (AvgIpc) is 3.23. The molecule has 0 radical (unpaired) electrons. The van der Waals surface area contributed by atoms with E-state index in [9.17, 15) is 9.90 Å². The van der Waals surface area contributed by atoms with Gasteiger partial charge in [-0.2, -0.15) is 0 Å². The number of carboxylic acids is 1. The lowest BCUT2D eigenvalue weighted by Crippen LogP contribution is -2.32. The van der Waals surface area contributed by atoms with Crippen LogP contribution in [0.2, 0.25) is 0 Å². The molecule has 2 heterocycles. The maximum absolute atomic E-state index is 11.5. The Kier molecular flexibility index (Phi) is 8.30. The summed E-state index contributed by atoms with van der Waals surface area (Å²) in [6.45, 7) is 4.77. The zero-order valence-electron chi connectivity index (χ0n) is 19.7. The predicted octanol–water partition coefficient (Wildman–Crippen LogP) is 4.67. The van der Waals surface area contributed by atoms with Crippen molar-refractivity contribution in [3.8, 4) is 11.3 Å². The quantitative estimate of drug-likeness (QED) is 0.399. The fraction of sp³-hybridized carbons (Fsp3) is 0.440. The molecule has 8 nitrogen and oxygen atoms in total. The second-order valence-corrected chi connectivity index (χ2v) is 7.93. The van der Waals surface area contributed by atoms with Crippen molar-refractivity contribution in [2.75, 3.05) is 14.2 Å². The second-order valence-electron chi connectivity index (χ2n) is 7.93. The maximum Gasteiger partial charge on any atom is 0.337 e. The molecule has 3 aromatic rings. The van der Waals surface area contributed by atoms with Crippen LogP contribution in [-0.4, -0.2) is 45.0 Å². The summed E-state index contributed by atoms with van der Waals surface area (Å²) in [7, 11) is 3.25. The fourth-order valence-electron chi connectivity index (χ4n) is 3.81. The van der Waals surface area contributed by atoms with Gasteiger partial charge in [0.25, 0.3) is 0 Å². The van der Waals surface area contributed by atoms with Crippen LogP contribution in [0.5, 0.6) is 0 Å². The van der Waals surface area contributed by atoms with Crippen LogP contribution in [-0.2, 0) is 28.2 Å². The van der Waals surface area contributed by atoms with Gasteiger partial charge in [-0.05, 0) is 30.5 Å². The summed E-state index contributed by atoms with van der Waals surface area (Å²) in [5, 5.41) is 14.2. The van der Waals surface area contributed by atoms with E-state index >= 15 is 0 Å². The molecule has 0 amide bonds. The number of hydrogen-bond acceptors (Lipinski definition) is 6. The SMILES string of the molecule is CCCCC(OC)(OC)c1nc(CCC)n(Cc2ccc(-c3ncccc3C(=O)O)cc2)n1. The van der Waals surface area contributed by atoms with Crippen molar-refractivity contribution in [3.63, 3.8) is 0 Å². The van der Waals surface area contributed by atoms with Gasteiger partial charge in [-0.15, -0.1) is 5.10 Å². The van der Waals surface area contributed by atoms with Crippen LogP contribution in [0.25, 0.3) is 11.3 Å². The molecular formula is C25H32N4O4. The molecule has 0 saturated carbocycles. The predicted molar refractivity (Wildman–Crippen MR) is 125 cm³/mol. The van der Waals surface area contributed by atoms with Gasteiger partial charge in [0.2, 0.25) is 11.6 Å². The Labute approximate surface area is 194 Å². The van der Waals surface area contributed by atoms with Crippen molar-refractivity contribution >= 4 is 5.97 Å². The molecule has 1 N–H and O–H groups in total. The van der Waals surface area contributed by atoms with Crippen LogP contribution in [0.3, 0.4) is 0 Å². The van der Waals surface area contributed by atoms with Crippen molar-refractivity contribution in [2.24, 2.45) is 0 Å². The Balaban J connectivity index is 1.89. The first-order valence-electron chi connectivity index (χ1n) is 11.3. The van der Waals surface area contributed by atoms with Crippen molar-refractivity contribution in [1.82, 2.24) is 19.7 Å². The lowest BCUT2D eigenvalue weighted by Gasteiger charge is -2.27. The highest BCUT2D eigenvalue weighted by molar-refractivity contribution is 5.94. The lowest BCUT2D eigenvalue weighted by molar-refractivity contribution is -0.226. The van der Waals surface area contributed by atoms with Crippen LogP contribution in [0.4, 0.5) is 0 Å². The van der Waals surface area contributed by atoms with Crippen molar-refractivity contribution < 1.29 is 19.4 Å². The molecule has 0 unspecified atom stereocenters. The number of methoxy groups -OCH3 is 2. The molecule has 0 bridgehead atoms. The molecule has 8 heteroatoms. The summed E-state index contributed by atoms with van der Waals surface area (Å²) in [5.74, 6) is -0.533. The second kappa shape index (κ2) is 11.2. The number of nitrogens with zero attached hydrogens (tertiary/aromatic N) is 4. The van der Waals surface area contributed by atoms with E-state index in [0.717, 1.165) is 42.6 Å². The molecular weight excluding hydrogens is 420 g/mol. The van der Waals surface area contributed by atoms with E-state index in [1.807, 2.05) is 28.9 Å². The summed E-state index contributed by atoms with van der Waals surface area (Å²) in [4.78, 5) is 20.6. The first-order valence-corrected chi connectivity index (χ1v) is 11.3. The molecule has 0 aliphatic carbocycles. The van der Waals surface area contributed by atoms with E-state index in [2.05, 4.69) is 18.8 Å². The third-order valence-corrected chi connectivity index (χ3v) is 5.68. The Hall–Kier alpha value is -3.10. The zero-order valence-corrected chi connectivity index (χ0v) is 19.7. The van der Waals surface area contributed by atoms with Crippen molar-refractivity contribution in [2.45, 2.75) is 58.3 Å². The number of unbranched alkanes of at least 4 members (excludes halogenated alkanes) is 1. The van der Waals surface area contributed by atoms with Gasteiger partial charge >= 0.3 is 5.97 Å². The Morgan fingerprint density at radius 3 is 2.42 bits per heavy atom. The monoisotopic (exact) mass is 452 g/mol. The molecule has 3 rings (SSSR count). The van der Waals surface area contributed by atoms with Gasteiger partial charge in [0, 0.05) is 38.8 Å². The van der Waals surface area contributed by atoms with Gasteiger partial charge in [-0.3, -0.25) is 4.98 Å². The highest BCUT2D eigenvalue weighted by Crippen LogP contribution is 2.30. The van der Waals surface area contributed by atoms with E-state index < -0.39 is 11.8 Å². The summed E-state index contributed by atoms with van der Waals surface area (Å²) >= 11 is 0. The van der Waals surface area contributed by atoms with Gasteiger partial charge in [0.05, 0.1) is 17.8 Å². The number of ether oxygens (including phenoxy) is 2. The van der Waals surface area contributed by atoms with E-state index in [1.54, 1.807) is 32.5 Å². The van der Waals surface area contributed by atoms with Gasteiger partial charge in [0.1, 0.15) is 5.82 Å². The maximum atomic E-state index is 11.5. The summed E-state index contributed by atoms with van der Waals surface area (Å²) in [6.07, 6.45) is 5.96. The standard InChI is InChI=1S/C25H32N4O4/c1-5-7-15-25(32-3,33-4)24-27-21(9-6-2)29(28-24)17-18-11-13-19(14-12-18)22-20(23(30)31)10-8-16-26-22/h8,10-14,16H,5-7,9,15,17H2,1-4H3,(H,30,31). The number of aromatic carboxylic acids is 1. The smallest absolute Gasteiger partial charge is 0.337 e. The van der Waals surface area contributed by atoms with Crippen LogP contribution in [0.15, 0.2) is 42.6 Å². The molecule has 2 aromatic heterocycles. The number of carbonyl (C=O) groups is 1. The molecule has 0 fully saturated rings. The number of benzene rings is 1. The summed E-state index contributed by atoms with van der Waals surface area (Å²) in [5.41, 5.74) is 2.41. The van der Waals surface area contributed by atoms with Gasteiger partial charge in [-0.1, -0.05) is 44.5 Å². The third kappa shape index (κ3) is 5.46. The van der Waals surface area contributed by atoms with E-state index in [0.29, 0.717) is 24.5 Å². The molecule has 176 valence electrons. The van der Waals surface area contributed by atoms with Crippen LogP contribution < -0.4 is 0 Å². The Morgan fingerprint density at radius 1 is 1.09 bits per heavy atom. The van der Waals surface area contributed by atoms with E-state index in [4.69, 9.17) is 19.6 Å². The minimum Gasteiger partial charge on any atom is -0.478 e. The average molecular weight is 453 g/mol. The minimum absolute atomic E-state index is 0.180. The Bertz CT molecular complexity index is 1060. The minimum atomic E-state index is -0.996. The number of hydrogen-bond donors (Lipinski definition) is 1. The largest absolute Gasteiger partial charge is 0.478 e. The van der Waals surface area contributed by atoms with Crippen molar-refractivity contribution in [1.29, 1.82) is 0 Å². The molecule has 0 aliphatic rings. The van der Waals surface area contributed by atoms with Crippen LogP contribution >= 0.6 is 0 Å². The van der Waals surface area contributed by atoms with E-state index in [-0.39, 0.29) is 5.56 Å². The molecule has 0 saturated heterocycles. The lowest BCUT2D eigenvalue weighted by atomic mass is 10.0. The summed E-state index contributed by atoms with van der Waals surface area (Å²) in [6, 6.07) is 10.9. The number of rotatable bonds is 12. The van der Waals surface area contributed by atoms with Gasteiger partial charge in [-0.25, -0.2) is 14.5 Å². The molecule has 1 aromatic carbocycles. The van der Waals surface area contributed by atoms with Crippen LogP contribution in [0, 0.1) is 0 Å². The number of carboxylic acid groups (broad SMARTS) is 1. The first-order chi connectivity index (χ1) is 16.0. The summed E-state index contributed by atoms with van der Waals surface area (Å²) < 4.78 is 13.4. The van der Waals surface area contributed by atoms with Crippen molar-refractivity contribution in [3.05, 3.63) is 65.4 Å². The fourth-order valence-corrected chi connectivity index (χ4v) is 3.81.